The van der Waals surface area contributed by atoms with Crippen LogP contribution < -0.4 is 4.74 Å². The molecular weight excluding hydrogens is 600 g/mol. The highest BCUT2D eigenvalue weighted by atomic mass is 16.6. The van der Waals surface area contributed by atoms with Crippen LogP contribution in [-0.4, -0.2) is 92.9 Å². The number of aliphatic hydroxyl groups is 3. The topological polar surface area (TPSA) is 195 Å². The first kappa shape index (κ1) is 33.4. The summed E-state index contributed by atoms with van der Waals surface area (Å²) in [6.45, 7) is 2.19. The highest BCUT2D eigenvalue weighted by Gasteiger charge is 2.64. The van der Waals surface area contributed by atoms with E-state index >= 15 is 0 Å². The number of ether oxygens (including phenoxy) is 3. The van der Waals surface area contributed by atoms with Gasteiger partial charge in [-0.2, -0.15) is 0 Å². The minimum Gasteiger partial charge on any atom is -0.508 e. The number of phenolic OH excluding ortho intramolecular Hbond substituents is 1. The summed E-state index contributed by atoms with van der Waals surface area (Å²) in [6, 6.07) is 3.60. The third-order valence-corrected chi connectivity index (χ3v) is 9.31. The van der Waals surface area contributed by atoms with Gasteiger partial charge >= 0.3 is 11.9 Å². The fourth-order valence-corrected chi connectivity index (χ4v) is 7.38. The van der Waals surface area contributed by atoms with Crippen LogP contribution in [0, 0.1) is 17.8 Å². The van der Waals surface area contributed by atoms with E-state index in [9.17, 15) is 30.0 Å². The summed E-state index contributed by atoms with van der Waals surface area (Å²) in [5, 5.41) is 55.2. The molecule has 14 nitrogen and oxygen atoms in total. The Bertz CT molecular complexity index is 1490. The van der Waals surface area contributed by atoms with Gasteiger partial charge in [-0.15, -0.1) is 5.10 Å². The Kier molecular flexibility index (Phi) is 10.3. The minimum absolute atomic E-state index is 0.00495. The number of carbonyl (C=O) groups excluding carboxylic acids is 2. The second kappa shape index (κ2) is 14.2. The van der Waals surface area contributed by atoms with Crippen LogP contribution in [0.2, 0.25) is 0 Å². The SMILES string of the molecule is CCON=C1CC(n2nnc(C(=O)OC)c2C(=O)OC)C2(O)Oc3ccc(O)cc3C3C(CCCCO)C(CCCCO)C=C1C32. The van der Waals surface area contributed by atoms with Crippen LogP contribution in [0.4, 0.5) is 0 Å². The van der Waals surface area contributed by atoms with E-state index in [1.165, 1.54) is 6.07 Å². The zero-order chi connectivity index (χ0) is 33.0. The largest absolute Gasteiger partial charge is 0.508 e. The Morgan fingerprint density at radius 1 is 1.09 bits per heavy atom. The average molecular weight is 643 g/mol. The van der Waals surface area contributed by atoms with Crippen molar-refractivity contribution in [2.45, 2.75) is 69.6 Å². The van der Waals surface area contributed by atoms with Crippen LogP contribution in [0.15, 0.2) is 35.0 Å². The van der Waals surface area contributed by atoms with E-state index in [0.29, 0.717) is 41.9 Å². The van der Waals surface area contributed by atoms with Gasteiger partial charge in [-0.3, -0.25) is 0 Å². The van der Waals surface area contributed by atoms with E-state index in [-0.39, 0.29) is 55.2 Å². The lowest BCUT2D eigenvalue weighted by Crippen LogP contribution is -2.62. The van der Waals surface area contributed by atoms with Gasteiger partial charge in [0.15, 0.2) is 5.69 Å². The number of fused-ring (bicyclic) bond motifs is 2. The smallest absolute Gasteiger partial charge is 0.361 e. The van der Waals surface area contributed by atoms with E-state index in [0.717, 1.165) is 38.2 Å². The van der Waals surface area contributed by atoms with Gasteiger partial charge in [0, 0.05) is 31.1 Å². The van der Waals surface area contributed by atoms with Crippen molar-refractivity contribution in [1.29, 1.82) is 0 Å². The van der Waals surface area contributed by atoms with E-state index in [1.54, 1.807) is 19.1 Å². The molecule has 4 N–H and O–H groups in total. The fourth-order valence-electron chi connectivity index (χ4n) is 7.38. The predicted octanol–water partition coefficient (Wildman–Crippen LogP) is 2.87. The Labute approximate surface area is 266 Å². The first-order valence-corrected chi connectivity index (χ1v) is 15.7. The molecule has 2 aromatic rings. The maximum absolute atomic E-state index is 13.1. The van der Waals surface area contributed by atoms with Gasteiger partial charge in [0.1, 0.15) is 24.1 Å². The third-order valence-electron chi connectivity index (χ3n) is 9.31. The number of unbranched alkanes of at least 4 members (excludes halogenated alkanes) is 2. The highest BCUT2D eigenvalue weighted by molar-refractivity contribution is 6.03. The Balaban J connectivity index is 1.76. The second-order valence-corrected chi connectivity index (χ2v) is 11.9. The van der Waals surface area contributed by atoms with Gasteiger partial charge in [0.2, 0.25) is 11.5 Å². The molecule has 2 heterocycles. The Hall–Kier alpha value is -4.01. The summed E-state index contributed by atoms with van der Waals surface area (Å²) < 4.78 is 17.5. The molecule has 6 unspecified atom stereocenters. The number of benzene rings is 1. The third kappa shape index (κ3) is 5.96. The van der Waals surface area contributed by atoms with Crippen molar-refractivity contribution < 1.29 is 49.1 Å². The van der Waals surface area contributed by atoms with E-state index < -0.39 is 35.6 Å². The standard InChI is InChI=1S/C32H42N4O10/c1-4-45-34-23-17-25(36-29(31(41)44-3)28(33-35-36)30(40)43-2)32(42)27-21(23)15-18(9-5-7-13-37)20(10-6-8-14-38)26(27)22-16-19(39)11-12-24(22)46-32/h11-12,15-16,18,20,25-27,37-39,42H,4-10,13-14,17H2,1-3H3. The van der Waals surface area contributed by atoms with Crippen LogP contribution in [0.5, 0.6) is 11.5 Å². The van der Waals surface area contributed by atoms with Crippen LogP contribution >= 0.6 is 0 Å². The van der Waals surface area contributed by atoms with Crippen molar-refractivity contribution in [3.8, 4) is 11.5 Å². The maximum atomic E-state index is 13.1. The quantitative estimate of drug-likeness (QED) is 0.142. The summed E-state index contributed by atoms with van der Waals surface area (Å²) in [4.78, 5) is 31.3. The number of nitrogens with zero attached hydrogens (tertiary/aromatic N) is 4. The van der Waals surface area contributed by atoms with Crippen molar-refractivity contribution in [2.24, 2.45) is 22.9 Å². The molecule has 6 atom stereocenters. The number of esters is 2. The predicted molar refractivity (Wildman–Crippen MR) is 162 cm³/mol. The van der Waals surface area contributed by atoms with Crippen LogP contribution in [0.25, 0.3) is 0 Å². The van der Waals surface area contributed by atoms with Gasteiger partial charge in [0.05, 0.1) is 25.8 Å². The van der Waals surface area contributed by atoms with Crippen molar-refractivity contribution in [2.75, 3.05) is 34.0 Å². The van der Waals surface area contributed by atoms with E-state index in [2.05, 4.69) is 21.5 Å². The van der Waals surface area contributed by atoms with Gasteiger partial charge < -0.3 is 39.5 Å². The van der Waals surface area contributed by atoms with Crippen molar-refractivity contribution in [3.63, 3.8) is 0 Å². The first-order valence-electron chi connectivity index (χ1n) is 15.7. The summed E-state index contributed by atoms with van der Waals surface area (Å²) >= 11 is 0. The molecule has 1 aromatic carbocycles. The lowest BCUT2D eigenvalue weighted by atomic mass is 9.55. The number of rotatable bonds is 13. The van der Waals surface area contributed by atoms with Gasteiger partial charge in [-0.25, -0.2) is 14.3 Å². The van der Waals surface area contributed by atoms with Crippen molar-refractivity contribution in [1.82, 2.24) is 15.0 Å². The zero-order valence-corrected chi connectivity index (χ0v) is 26.3. The fraction of sp³-hybridized carbons (Fsp3) is 0.594. The van der Waals surface area contributed by atoms with Crippen molar-refractivity contribution >= 4 is 17.7 Å². The molecule has 1 aliphatic heterocycles. The summed E-state index contributed by atoms with van der Waals surface area (Å²) in [6.07, 6.45) is 6.28. The number of aromatic nitrogens is 3. The number of allylic oxidation sites excluding steroid dienone is 1. The second-order valence-electron chi connectivity index (χ2n) is 11.9. The lowest BCUT2D eigenvalue weighted by Gasteiger charge is -2.56. The lowest BCUT2D eigenvalue weighted by molar-refractivity contribution is -0.225. The van der Waals surface area contributed by atoms with Crippen LogP contribution in [0.1, 0.15) is 90.4 Å². The molecule has 14 heteroatoms. The maximum Gasteiger partial charge on any atom is 0.361 e. The molecular formula is C32H42N4O10. The number of carbonyl (C=O) groups is 2. The monoisotopic (exact) mass is 642 g/mol. The Morgan fingerprint density at radius 2 is 1.80 bits per heavy atom. The molecule has 2 aliphatic carbocycles. The molecule has 1 saturated carbocycles. The molecule has 0 spiro atoms. The van der Waals surface area contributed by atoms with Crippen LogP contribution in [0.3, 0.4) is 0 Å². The van der Waals surface area contributed by atoms with Crippen LogP contribution in [-0.2, 0) is 14.3 Å². The molecule has 46 heavy (non-hydrogen) atoms. The van der Waals surface area contributed by atoms with Crippen molar-refractivity contribution in [3.05, 3.63) is 46.8 Å². The number of hydrogen-bond acceptors (Lipinski definition) is 13. The molecule has 3 aliphatic rings. The average Bonchev–Trinajstić information content (AvgIpc) is 3.49. The first-order chi connectivity index (χ1) is 22.2. The highest BCUT2D eigenvalue weighted by Crippen LogP contribution is 2.62. The number of oxime groups is 1. The minimum atomic E-state index is -2.04. The summed E-state index contributed by atoms with van der Waals surface area (Å²) in [7, 11) is 2.31. The molecule has 0 radical (unpaired) electrons. The van der Waals surface area contributed by atoms with Gasteiger partial charge in [0.25, 0.3) is 0 Å². The Morgan fingerprint density at radius 3 is 2.48 bits per heavy atom. The summed E-state index contributed by atoms with van der Waals surface area (Å²) in [5.74, 6) is -4.71. The number of aromatic hydroxyl groups is 1. The number of hydrogen-bond donors (Lipinski definition) is 4. The molecule has 0 saturated heterocycles. The molecule has 0 amide bonds. The number of phenols is 1. The molecule has 250 valence electrons. The molecule has 1 aromatic heterocycles. The molecule has 5 rings (SSSR count). The normalized spacial score (nSPS) is 27.2. The van der Waals surface area contributed by atoms with E-state index in [4.69, 9.17) is 19.0 Å². The number of methoxy groups -OCH3 is 2. The summed E-state index contributed by atoms with van der Waals surface area (Å²) in [5.41, 5.74) is 1.23. The van der Waals surface area contributed by atoms with Gasteiger partial charge in [-0.05, 0) is 68.2 Å². The van der Waals surface area contributed by atoms with Gasteiger partial charge in [-0.1, -0.05) is 29.3 Å². The number of aliphatic hydroxyl groups excluding tert-OH is 2. The van der Waals surface area contributed by atoms with E-state index in [1.807, 2.05) is 0 Å². The zero-order valence-electron chi connectivity index (χ0n) is 26.3. The molecule has 0 bridgehead atoms. The molecule has 1 fully saturated rings.